The monoisotopic (exact) mass is 250 g/mol. The summed E-state index contributed by atoms with van der Waals surface area (Å²) in [7, 11) is 0. The van der Waals surface area contributed by atoms with Crippen LogP contribution in [-0.2, 0) is 0 Å². The third-order valence-electron chi connectivity index (χ3n) is 3.00. The number of benzene rings is 1. The number of nitro benzene ring substituents is 1. The molecule has 18 heavy (non-hydrogen) atoms. The van der Waals surface area contributed by atoms with Crippen molar-refractivity contribution in [2.75, 3.05) is 11.9 Å². The van der Waals surface area contributed by atoms with Crippen molar-refractivity contribution in [1.29, 1.82) is 0 Å². The predicted octanol–water partition coefficient (Wildman–Crippen LogP) is 2.51. The fraction of sp³-hybridized carbons (Fsp3) is 0.417. The van der Waals surface area contributed by atoms with E-state index in [0.29, 0.717) is 5.69 Å². The van der Waals surface area contributed by atoms with Crippen LogP contribution in [0.15, 0.2) is 18.2 Å². The molecule has 0 aliphatic heterocycles. The van der Waals surface area contributed by atoms with E-state index in [2.05, 4.69) is 5.32 Å². The van der Waals surface area contributed by atoms with E-state index in [1.54, 1.807) is 6.07 Å². The largest absolute Gasteiger partial charge is 0.477 e. The molecule has 96 valence electrons. The summed E-state index contributed by atoms with van der Waals surface area (Å²) in [6.07, 6.45) is 3.58. The van der Waals surface area contributed by atoms with Crippen molar-refractivity contribution in [3.63, 3.8) is 0 Å². The van der Waals surface area contributed by atoms with Gasteiger partial charge in [-0.15, -0.1) is 0 Å². The smallest absolute Gasteiger partial charge is 0.342 e. The molecule has 0 unspecified atom stereocenters. The van der Waals surface area contributed by atoms with E-state index in [9.17, 15) is 14.9 Å². The van der Waals surface area contributed by atoms with E-state index in [0.717, 1.165) is 18.9 Å². The number of carboxylic acids is 1. The van der Waals surface area contributed by atoms with Crippen LogP contribution in [0.1, 0.15) is 29.6 Å². The molecule has 1 fully saturated rings. The van der Waals surface area contributed by atoms with E-state index in [1.165, 1.54) is 25.0 Å². The second kappa shape index (κ2) is 5.03. The molecule has 0 bridgehead atoms. The highest BCUT2D eigenvalue weighted by Gasteiger charge is 2.21. The highest BCUT2D eigenvalue weighted by atomic mass is 16.6. The Morgan fingerprint density at radius 3 is 2.78 bits per heavy atom. The third-order valence-corrected chi connectivity index (χ3v) is 3.00. The molecule has 2 N–H and O–H groups in total. The Morgan fingerprint density at radius 2 is 2.22 bits per heavy atom. The molecule has 2 rings (SSSR count). The van der Waals surface area contributed by atoms with E-state index < -0.39 is 10.9 Å². The van der Waals surface area contributed by atoms with E-state index in [-0.39, 0.29) is 11.3 Å². The van der Waals surface area contributed by atoms with Gasteiger partial charge in [-0.1, -0.05) is 12.8 Å². The number of rotatable bonds is 6. The summed E-state index contributed by atoms with van der Waals surface area (Å²) in [6.45, 7) is 0.758. The Morgan fingerprint density at radius 1 is 1.50 bits per heavy atom. The molecular formula is C12H14N2O4. The summed E-state index contributed by atoms with van der Waals surface area (Å²) < 4.78 is 0. The Hall–Kier alpha value is -2.11. The lowest BCUT2D eigenvalue weighted by atomic mass is 10.1. The SMILES string of the molecule is O=C(O)c1ccc(NCCC2CC2)cc1[N+](=O)[O-]. The van der Waals surface area contributed by atoms with Crippen molar-refractivity contribution in [3.8, 4) is 0 Å². The van der Waals surface area contributed by atoms with Gasteiger partial charge in [-0.05, 0) is 24.5 Å². The lowest BCUT2D eigenvalue weighted by molar-refractivity contribution is -0.385. The van der Waals surface area contributed by atoms with Gasteiger partial charge in [0.15, 0.2) is 0 Å². The van der Waals surface area contributed by atoms with Crippen LogP contribution in [0.25, 0.3) is 0 Å². The van der Waals surface area contributed by atoms with Gasteiger partial charge in [-0.2, -0.15) is 0 Å². The van der Waals surface area contributed by atoms with Gasteiger partial charge in [0.1, 0.15) is 5.56 Å². The lowest BCUT2D eigenvalue weighted by Gasteiger charge is -2.06. The first-order chi connectivity index (χ1) is 8.58. The van der Waals surface area contributed by atoms with E-state index >= 15 is 0 Å². The van der Waals surface area contributed by atoms with Crippen LogP contribution < -0.4 is 5.32 Å². The molecule has 0 spiro atoms. The van der Waals surface area contributed by atoms with Crippen molar-refractivity contribution < 1.29 is 14.8 Å². The number of carbonyl (C=O) groups is 1. The molecule has 0 atom stereocenters. The van der Waals surface area contributed by atoms with E-state index in [4.69, 9.17) is 5.11 Å². The number of carboxylic acid groups (broad SMARTS) is 1. The van der Waals surface area contributed by atoms with Gasteiger partial charge in [-0.3, -0.25) is 10.1 Å². The highest BCUT2D eigenvalue weighted by molar-refractivity contribution is 5.93. The molecule has 1 saturated carbocycles. The summed E-state index contributed by atoms with van der Waals surface area (Å²) in [6, 6.07) is 4.10. The number of aromatic carboxylic acids is 1. The maximum absolute atomic E-state index is 10.8. The number of nitrogens with one attached hydrogen (secondary N) is 1. The first-order valence-corrected chi connectivity index (χ1v) is 5.83. The fourth-order valence-corrected chi connectivity index (χ4v) is 1.80. The zero-order valence-corrected chi connectivity index (χ0v) is 9.76. The first-order valence-electron chi connectivity index (χ1n) is 5.83. The maximum atomic E-state index is 10.8. The third kappa shape index (κ3) is 2.97. The van der Waals surface area contributed by atoms with E-state index in [1.807, 2.05) is 0 Å². The number of hydrogen-bond acceptors (Lipinski definition) is 4. The van der Waals surface area contributed by atoms with Crippen LogP contribution in [0.5, 0.6) is 0 Å². The summed E-state index contributed by atoms with van der Waals surface area (Å²) in [5.74, 6) is -0.503. The Labute approximate surface area is 104 Å². The summed E-state index contributed by atoms with van der Waals surface area (Å²) >= 11 is 0. The fourth-order valence-electron chi connectivity index (χ4n) is 1.80. The van der Waals surface area contributed by atoms with Crippen molar-refractivity contribution in [2.24, 2.45) is 5.92 Å². The van der Waals surface area contributed by atoms with Crippen LogP contribution in [0.4, 0.5) is 11.4 Å². The zero-order chi connectivity index (χ0) is 13.1. The summed E-state index contributed by atoms with van der Waals surface area (Å²) in [4.78, 5) is 20.9. The molecule has 0 aromatic heterocycles. The second-order valence-corrected chi connectivity index (χ2v) is 4.45. The zero-order valence-electron chi connectivity index (χ0n) is 9.76. The van der Waals surface area contributed by atoms with Gasteiger partial charge >= 0.3 is 5.97 Å². The van der Waals surface area contributed by atoms with Crippen molar-refractivity contribution in [3.05, 3.63) is 33.9 Å². The van der Waals surface area contributed by atoms with Gasteiger partial charge in [0.25, 0.3) is 5.69 Å². The Bertz CT molecular complexity index is 483. The maximum Gasteiger partial charge on any atom is 0.342 e. The molecule has 0 saturated heterocycles. The Balaban J connectivity index is 2.08. The molecule has 1 aliphatic rings. The average molecular weight is 250 g/mol. The van der Waals surface area contributed by atoms with Crippen molar-refractivity contribution in [1.82, 2.24) is 0 Å². The Kier molecular flexibility index (Phi) is 3.45. The van der Waals surface area contributed by atoms with Crippen LogP contribution >= 0.6 is 0 Å². The second-order valence-electron chi connectivity index (χ2n) is 4.45. The van der Waals surface area contributed by atoms with Gasteiger partial charge in [0, 0.05) is 18.3 Å². The minimum Gasteiger partial charge on any atom is -0.477 e. The van der Waals surface area contributed by atoms with Gasteiger partial charge in [0.05, 0.1) is 4.92 Å². The van der Waals surface area contributed by atoms with Crippen LogP contribution in [0, 0.1) is 16.0 Å². The van der Waals surface area contributed by atoms with Crippen molar-refractivity contribution >= 4 is 17.3 Å². The highest BCUT2D eigenvalue weighted by Crippen LogP contribution is 2.32. The van der Waals surface area contributed by atoms with Crippen LogP contribution in [-0.4, -0.2) is 22.5 Å². The summed E-state index contributed by atoms with van der Waals surface area (Å²) in [5, 5.41) is 22.7. The standard InChI is InChI=1S/C12H14N2O4/c15-12(16)10-4-3-9(7-11(10)14(17)18)13-6-5-8-1-2-8/h3-4,7-8,13H,1-2,5-6H2,(H,15,16). The van der Waals surface area contributed by atoms with Crippen molar-refractivity contribution in [2.45, 2.75) is 19.3 Å². The average Bonchev–Trinajstić information content (AvgIpc) is 3.12. The molecular weight excluding hydrogens is 236 g/mol. The van der Waals surface area contributed by atoms with Gasteiger partial charge in [0.2, 0.25) is 0 Å². The molecule has 1 aromatic rings. The number of anilines is 1. The normalized spacial score (nSPS) is 14.2. The van der Waals surface area contributed by atoms with Crippen LogP contribution in [0.2, 0.25) is 0 Å². The molecule has 1 aromatic carbocycles. The molecule has 0 heterocycles. The first kappa shape index (κ1) is 12.3. The molecule has 6 nitrogen and oxygen atoms in total. The lowest BCUT2D eigenvalue weighted by Crippen LogP contribution is -2.06. The minimum atomic E-state index is -1.29. The number of nitro groups is 1. The molecule has 6 heteroatoms. The summed E-state index contributed by atoms with van der Waals surface area (Å²) in [5.41, 5.74) is -0.0704. The molecule has 1 aliphatic carbocycles. The molecule has 0 radical (unpaired) electrons. The number of hydrogen-bond donors (Lipinski definition) is 2. The predicted molar refractivity (Wildman–Crippen MR) is 65.9 cm³/mol. The topological polar surface area (TPSA) is 92.5 Å². The quantitative estimate of drug-likeness (QED) is 0.597. The van der Waals surface area contributed by atoms with Gasteiger partial charge in [-0.25, -0.2) is 4.79 Å². The van der Waals surface area contributed by atoms with Gasteiger partial charge < -0.3 is 10.4 Å². The van der Waals surface area contributed by atoms with Crippen LogP contribution in [0.3, 0.4) is 0 Å². The minimum absolute atomic E-state index is 0.284. The number of nitrogens with zero attached hydrogens (tertiary/aromatic N) is 1. The molecule has 0 amide bonds.